The van der Waals surface area contributed by atoms with E-state index in [9.17, 15) is 0 Å². The first-order valence-corrected chi connectivity index (χ1v) is 7.32. The van der Waals surface area contributed by atoms with Crippen LogP contribution in [0.15, 0.2) is 42.5 Å². The van der Waals surface area contributed by atoms with E-state index in [-0.39, 0.29) is 0 Å². The molecule has 0 radical (unpaired) electrons. The molecule has 0 spiro atoms. The number of benzene rings is 2. The van der Waals surface area contributed by atoms with Gasteiger partial charge in [-0.25, -0.2) is 0 Å². The third kappa shape index (κ3) is 2.88. The lowest BCUT2D eigenvalue weighted by molar-refractivity contribution is 0.398. The van der Waals surface area contributed by atoms with Gasteiger partial charge in [-0.15, -0.1) is 0 Å². The van der Waals surface area contributed by atoms with E-state index in [0.29, 0.717) is 6.04 Å². The van der Waals surface area contributed by atoms with Gasteiger partial charge in [-0.3, -0.25) is 0 Å². The maximum absolute atomic E-state index is 5.48. The van der Waals surface area contributed by atoms with Crippen LogP contribution in [-0.4, -0.2) is 20.3 Å². The molecule has 1 aliphatic rings. The zero-order valence-electron chi connectivity index (χ0n) is 12.6. The van der Waals surface area contributed by atoms with Gasteiger partial charge < -0.3 is 14.8 Å². The smallest absolute Gasteiger partial charge is 0.122 e. The first kappa shape index (κ1) is 14.0. The van der Waals surface area contributed by atoms with Gasteiger partial charge in [-0.1, -0.05) is 30.3 Å². The second-order valence-corrected chi connectivity index (χ2v) is 5.40. The first-order valence-electron chi connectivity index (χ1n) is 7.32. The number of fused-ring (bicyclic) bond motifs is 1. The number of nitrogens with one attached hydrogen (secondary N) is 1. The Labute approximate surface area is 125 Å². The predicted molar refractivity (Wildman–Crippen MR) is 84.0 cm³/mol. The van der Waals surface area contributed by atoms with E-state index in [1.165, 1.54) is 16.7 Å². The summed E-state index contributed by atoms with van der Waals surface area (Å²) in [6.45, 7) is 0.893. The van der Waals surface area contributed by atoms with Crippen LogP contribution in [-0.2, 0) is 19.4 Å². The zero-order valence-corrected chi connectivity index (χ0v) is 12.6. The van der Waals surface area contributed by atoms with E-state index in [1.807, 2.05) is 18.2 Å². The van der Waals surface area contributed by atoms with Crippen molar-refractivity contribution in [2.45, 2.75) is 25.4 Å². The average molecular weight is 283 g/mol. The SMILES string of the molecule is COc1ccc(OC)c2c1CC(NCc1ccccc1)C2. The fourth-order valence-corrected chi connectivity index (χ4v) is 3.05. The van der Waals surface area contributed by atoms with Crippen LogP contribution in [0.5, 0.6) is 11.5 Å². The molecule has 0 heterocycles. The summed E-state index contributed by atoms with van der Waals surface area (Å²) >= 11 is 0. The highest BCUT2D eigenvalue weighted by Gasteiger charge is 2.27. The summed E-state index contributed by atoms with van der Waals surface area (Å²) in [4.78, 5) is 0. The quantitative estimate of drug-likeness (QED) is 0.915. The van der Waals surface area contributed by atoms with Gasteiger partial charge in [-0.05, 0) is 30.5 Å². The largest absolute Gasteiger partial charge is 0.496 e. The molecule has 0 bridgehead atoms. The molecule has 3 heteroatoms. The second kappa shape index (κ2) is 6.19. The van der Waals surface area contributed by atoms with Crippen LogP contribution in [0.3, 0.4) is 0 Å². The van der Waals surface area contributed by atoms with E-state index >= 15 is 0 Å². The van der Waals surface area contributed by atoms with Crippen LogP contribution in [0.2, 0.25) is 0 Å². The minimum absolute atomic E-state index is 0.436. The highest BCUT2D eigenvalue weighted by Crippen LogP contribution is 2.37. The second-order valence-electron chi connectivity index (χ2n) is 5.40. The Hall–Kier alpha value is -2.00. The van der Waals surface area contributed by atoms with Crippen molar-refractivity contribution in [2.75, 3.05) is 14.2 Å². The monoisotopic (exact) mass is 283 g/mol. The molecule has 0 fully saturated rings. The lowest BCUT2D eigenvalue weighted by Gasteiger charge is -2.12. The summed E-state index contributed by atoms with van der Waals surface area (Å²) in [5.41, 5.74) is 3.87. The van der Waals surface area contributed by atoms with Gasteiger partial charge in [0.05, 0.1) is 14.2 Å². The van der Waals surface area contributed by atoms with Crippen molar-refractivity contribution in [3.63, 3.8) is 0 Å². The van der Waals surface area contributed by atoms with Crippen molar-refractivity contribution in [1.29, 1.82) is 0 Å². The van der Waals surface area contributed by atoms with Gasteiger partial charge in [0, 0.05) is 23.7 Å². The zero-order chi connectivity index (χ0) is 14.7. The van der Waals surface area contributed by atoms with Crippen molar-refractivity contribution in [3.05, 3.63) is 59.2 Å². The maximum Gasteiger partial charge on any atom is 0.122 e. The summed E-state index contributed by atoms with van der Waals surface area (Å²) in [6.07, 6.45) is 1.98. The number of hydrogen-bond acceptors (Lipinski definition) is 3. The number of hydrogen-bond donors (Lipinski definition) is 1. The van der Waals surface area contributed by atoms with E-state index in [1.54, 1.807) is 14.2 Å². The molecule has 3 rings (SSSR count). The fraction of sp³-hybridized carbons (Fsp3) is 0.333. The molecule has 0 saturated heterocycles. The Morgan fingerprint density at radius 1 is 0.905 bits per heavy atom. The van der Waals surface area contributed by atoms with Crippen LogP contribution in [0, 0.1) is 0 Å². The van der Waals surface area contributed by atoms with Crippen molar-refractivity contribution in [2.24, 2.45) is 0 Å². The lowest BCUT2D eigenvalue weighted by Crippen LogP contribution is -2.28. The molecule has 3 nitrogen and oxygen atoms in total. The normalized spacial score (nSPS) is 14.0. The third-order valence-corrected chi connectivity index (χ3v) is 4.12. The molecule has 0 saturated carbocycles. The standard InChI is InChI=1S/C18H21NO2/c1-20-17-8-9-18(21-2)16-11-14(10-15(16)17)19-12-13-6-4-3-5-7-13/h3-9,14,19H,10-12H2,1-2H3. The number of methoxy groups -OCH3 is 2. The summed E-state index contributed by atoms with van der Waals surface area (Å²) < 4.78 is 11.0. The molecule has 2 aromatic carbocycles. The van der Waals surface area contributed by atoms with Gasteiger partial charge in [-0.2, -0.15) is 0 Å². The molecule has 110 valence electrons. The Balaban J connectivity index is 1.72. The highest BCUT2D eigenvalue weighted by atomic mass is 16.5. The maximum atomic E-state index is 5.48. The molecule has 1 aliphatic carbocycles. The molecule has 21 heavy (non-hydrogen) atoms. The van der Waals surface area contributed by atoms with Gasteiger partial charge in [0.25, 0.3) is 0 Å². The Kier molecular flexibility index (Phi) is 4.11. The van der Waals surface area contributed by atoms with Crippen molar-refractivity contribution >= 4 is 0 Å². The molecule has 2 aromatic rings. The third-order valence-electron chi connectivity index (χ3n) is 4.12. The van der Waals surface area contributed by atoms with E-state index in [0.717, 1.165) is 30.9 Å². The molecule has 0 aliphatic heterocycles. The number of rotatable bonds is 5. The van der Waals surface area contributed by atoms with Gasteiger partial charge in [0.1, 0.15) is 11.5 Å². The van der Waals surface area contributed by atoms with E-state index in [2.05, 4.69) is 29.6 Å². The fourth-order valence-electron chi connectivity index (χ4n) is 3.05. The molecular weight excluding hydrogens is 262 g/mol. The Morgan fingerprint density at radius 2 is 1.48 bits per heavy atom. The Bertz CT molecular complexity index is 577. The van der Waals surface area contributed by atoms with Crippen LogP contribution < -0.4 is 14.8 Å². The Morgan fingerprint density at radius 3 is 2.00 bits per heavy atom. The topological polar surface area (TPSA) is 30.5 Å². The van der Waals surface area contributed by atoms with Crippen LogP contribution in [0.25, 0.3) is 0 Å². The van der Waals surface area contributed by atoms with Crippen molar-refractivity contribution in [1.82, 2.24) is 5.32 Å². The minimum atomic E-state index is 0.436. The molecule has 0 aromatic heterocycles. The molecule has 0 atom stereocenters. The van der Waals surface area contributed by atoms with Crippen LogP contribution in [0.1, 0.15) is 16.7 Å². The predicted octanol–water partition coefficient (Wildman–Crippen LogP) is 2.96. The highest BCUT2D eigenvalue weighted by molar-refractivity contribution is 5.52. The van der Waals surface area contributed by atoms with E-state index < -0.39 is 0 Å². The lowest BCUT2D eigenvalue weighted by atomic mass is 10.1. The summed E-state index contributed by atoms with van der Waals surface area (Å²) in [5, 5.41) is 3.64. The minimum Gasteiger partial charge on any atom is -0.496 e. The first-order chi connectivity index (χ1) is 10.3. The average Bonchev–Trinajstić information content (AvgIpc) is 2.97. The van der Waals surface area contributed by atoms with E-state index in [4.69, 9.17) is 9.47 Å². The molecule has 0 amide bonds. The summed E-state index contributed by atoms with van der Waals surface area (Å²) in [5.74, 6) is 1.93. The van der Waals surface area contributed by atoms with Crippen LogP contribution >= 0.6 is 0 Å². The van der Waals surface area contributed by atoms with Crippen molar-refractivity contribution < 1.29 is 9.47 Å². The number of ether oxygens (including phenoxy) is 2. The molecular formula is C18H21NO2. The van der Waals surface area contributed by atoms with Crippen molar-refractivity contribution in [3.8, 4) is 11.5 Å². The van der Waals surface area contributed by atoms with Gasteiger partial charge in [0.2, 0.25) is 0 Å². The molecule has 1 N–H and O–H groups in total. The van der Waals surface area contributed by atoms with Crippen LogP contribution in [0.4, 0.5) is 0 Å². The van der Waals surface area contributed by atoms with Gasteiger partial charge >= 0.3 is 0 Å². The molecule has 0 unspecified atom stereocenters. The summed E-state index contributed by atoms with van der Waals surface area (Å²) in [7, 11) is 3.46. The van der Waals surface area contributed by atoms with Gasteiger partial charge in [0.15, 0.2) is 0 Å². The summed E-state index contributed by atoms with van der Waals surface area (Å²) in [6, 6.07) is 14.9.